The van der Waals surface area contributed by atoms with Crippen LogP contribution in [-0.4, -0.2) is 30.1 Å². The van der Waals surface area contributed by atoms with Crippen molar-refractivity contribution in [1.82, 2.24) is 10.3 Å². The highest BCUT2D eigenvalue weighted by atomic mass is 32.1. The first-order valence-electron chi connectivity index (χ1n) is 9.74. The molecule has 2 heterocycles. The van der Waals surface area contributed by atoms with Crippen molar-refractivity contribution in [3.8, 4) is 6.07 Å². The van der Waals surface area contributed by atoms with Crippen molar-refractivity contribution in [2.24, 2.45) is 5.92 Å². The zero-order valence-electron chi connectivity index (χ0n) is 16.4. The van der Waals surface area contributed by atoms with Crippen LogP contribution in [0.2, 0.25) is 0 Å². The molecule has 152 valence electrons. The number of alkyl carbamates (subject to hydrolysis) is 1. The Bertz CT molecular complexity index is 905. The zero-order chi connectivity index (χ0) is 20.6. The summed E-state index contributed by atoms with van der Waals surface area (Å²) in [5, 5.41) is 15.8. The lowest BCUT2D eigenvalue weighted by Crippen LogP contribution is -2.27. The van der Waals surface area contributed by atoms with E-state index in [1.807, 2.05) is 19.1 Å². The smallest absolute Gasteiger partial charge is 0.407 e. The monoisotopic (exact) mass is 412 g/mol. The van der Waals surface area contributed by atoms with Gasteiger partial charge in [-0.15, -0.1) is 11.3 Å². The van der Waals surface area contributed by atoms with E-state index in [2.05, 4.69) is 21.7 Å². The molecule has 2 aromatic rings. The molecule has 1 atom stereocenters. The Morgan fingerprint density at radius 1 is 1.45 bits per heavy atom. The van der Waals surface area contributed by atoms with Crippen LogP contribution in [0.25, 0.3) is 0 Å². The van der Waals surface area contributed by atoms with Crippen LogP contribution in [0, 0.1) is 17.2 Å². The molecule has 2 N–H and O–H groups in total. The average molecular weight is 413 g/mol. The fourth-order valence-electron chi connectivity index (χ4n) is 3.38. The van der Waals surface area contributed by atoms with Gasteiger partial charge in [0.1, 0.15) is 11.1 Å². The number of nitrogens with one attached hydrogen (secondary N) is 2. The molecule has 7 nitrogen and oxygen atoms in total. The molecule has 29 heavy (non-hydrogen) atoms. The van der Waals surface area contributed by atoms with Gasteiger partial charge in [0.05, 0.1) is 12.2 Å². The van der Waals surface area contributed by atoms with Crippen molar-refractivity contribution < 1.29 is 14.3 Å². The summed E-state index contributed by atoms with van der Waals surface area (Å²) in [5.41, 5.74) is 2.60. The second-order valence-electron chi connectivity index (χ2n) is 6.97. The molecule has 0 aromatic carbocycles. The van der Waals surface area contributed by atoms with Crippen molar-refractivity contribution in [2.75, 3.05) is 18.5 Å². The lowest BCUT2D eigenvalue weighted by molar-refractivity contribution is -0.116. The summed E-state index contributed by atoms with van der Waals surface area (Å²) >= 11 is 1.46. The van der Waals surface area contributed by atoms with Crippen LogP contribution in [0.1, 0.15) is 41.3 Å². The van der Waals surface area contributed by atoms with Crippen molar-refractivity contribution in [2.45, 2.75) is 39.0 Å². The Kier molecular flexibility index (Phi) is 7.19. The van der Waals surface area contributed by atoms with E-state index in [1.54, 1.807) is 12.4 Å². The maximum Gasteiger partial charge on any atom is 0.407 e. The van der Waals surface area contributed by atoms with Crippen LogP contribution in [0.15, 0.2) is 24.5 Å². The van der Waals surface area contributed by atoms with Crippen molar-refractivity contribution in [3.05, 3.63) is 46.1 Å². The first-order valence-corrected chi connectivity index (χ1v) is 10.6. The van der Waals surface area contributed by atoms with Gasteiger partial charge in [0.2, 0.25) is 5.91 Å². The summed E-state index contributed by atoms with van der Waals surface area (Å²) in [6.45, 7) is 2.74. The largest absolute Gasteiger partial charge is 0.449 e. The molecule has 0 saturated heterocycles. The standard InChI is InChI=1S/C21H24N4O3S/c1-2-24-21(27)28-13-15-5-7-16-17(11-22)20(29-18(16)10-15)25-19(26)8-6-14-4-3-9-23-12-14/h3-4,9,12,15H,2,5-8,10,13H2,1H3,(H,24,27)(H,25,26)/t15-/m0/s1. The Balaban J connectivity index is 1.59. The van der Waals surface area contributed by atoms with Gasteiger partial charge in [0.15, 0.2) is 0 Å². The van der Waals surface area contributed by atoms with Gasteiger partial charge >= 0.3 is 6.09 Å². The van der Waals surface area contributed by atoms with E-state index in [0.29, 0.717) is 36.6 Å². The van der Waals surface area contributed by atoms with Crippen LogP contribution in [0.5, 0.6) is 0 Å². The Morgan fingerprint density at radius 3 is 3.03 bits per heavy atom. The van der Waals surface area contributed by atoms with Crippen LogP contribution in [0.4, 0.5) is 9.80 Å². The van der Waals surface area contributed by atoms with E-state index in [9.17, 15) is 14.9 Å². The number of ether oxygens (including phenoxy) is 1. The number of aromatic nitrogens is 1. The van der Waals surface area contributed by atoms with E-state index in [0.717, 1.165) is 35.3 Å². The summed E-state index contributed by atoms with van der Waals surface area (Å²) in [5.74, 6) is 0.115. The van der Waals surface area contributed by atoms with Crippen LogP contribution in [0.3, 0.4) is 0 Å². The van der Waals surface area contributed by atoms with Gasteiger partial charge in [-0.3, -0.25) is 9.78 Å². The van der Waals surface area contributed by atoms with Gasteiger partial charge in [-0.25, -0.2) is 4.79 Å². The first-order chi connectivity index (χ1) is 14.1. The van der Waals surface area contributed by atoms with Gasteiger partial charge in [-0.1, -0.05) is 6.07 Å². The van der Waals surface area contributed by atoms with Crippen LogP contribution >= 0.6 is 11.3 Å². The molecule has 2 amide bonds. The maximum atomic E-state index is 12.4. The minimum absolute atomic E-state index is 0.111. The van der Waals surface area contributed by atoms with E-state index < -0.39 is 6.09 Å². The summed E-state index contributed by atoms with van der Waals surface area (Å²) in [7, 11) is 0. The predicted molar refractivity (Wildman–Crippen MR) is 111 cm³/mol. The highest BCUT2D eigenvalue weighted by molar-refractivity contribution is 7.16. The SMILES string of the molecule is CCNC(=O)OC[C@H]1CCc2c(sc(NC(=O)CCc3cccnc3)c2C#N)C1. The number of nitrogens with zero attached hydrogens (tertiary/aromatic N) is 2. The molecule has 3 rings (SSSR count). The number of aryl methyl sites for hydroxylation is 1. The fourth-order valence-corrected chi connectivity index (χ4v) is 4.71. The van der Waals surface area contributed by atoms with Gasteiger partial charge in [0, 0.05) is 30.2 Å². The molecule has 2 aromatic heterocycles. The molecule has 0 unspecified atom stereocenters. The summed E-state index contributed by atoms with van der Waals surface area (Å²) in [6, 6.07) is 6.04. The lowest BCUT2D eigenvalue weighted by Gasteiger charge is -2.21. The van der Waals surface area contributed by atoms with E-state index in [-0.39, 0.29) is 11.8 Å². The molecule has 8 heteroatoms. The van der Waals surface area contributed by atoms with E-state index >= 15 is 0 Å². The van der Waals surface area contributed by atoms with Crippen molar-refractivity contribution in [1.29, 1.82) is 5.26 Å². The summed E-state index contributed by atoms with van der Waals surface area (Å²) in [4.78, 5) is 29.0. The zero-order valence-corrected chi connectivity index (χ0v) is 17.2. The number of hydrogen-bond acceptors (Lipinski definition) is 6. The van der Waals surface area contributed by atoms with Crippen molar-refractivity contribution >= 4 is 28.3 Å². The minimum Gasteiger partial charge on any atom is -0.449 e. The average Bonchev–Trinajstić information content (AvgIpc) is 3.07. The maximum absolute atomic E-state index is 12.4. The molecule has 0 fully saturated rings. The molecule has 1 aliphatic carbocycles. The number of fused-ring (bicyclic) bond motifs is 1. The topological polar surface area (TPSA) is 104 Å². The predicted octanol–water partition coefficient (Wildman–Crippen LogP) is 3.44. The van der Waals surface area contributed by atoms with Gasteiger partial charge in [0.25, 0.3) is 0 Å². The van der Waals surface area contributed by atoms with Gasteiger partial charge in [-0.05, 0) is 55.7 Å². The van der Waals surface area contributed by atoms with Gasteiger partial charge in [-0.2, -0.15) is 5.26 Å². The number of thiophene rings is 1. The second-order valence-corrected chi connectivity index (χ2v) is 8.07. The van der Waals surface area contributed by atoms with Crippen LogP contribution < -0.4 is 10.6 Å². The highest BCUT2D eigenvalue weighted by Gasteiger charge is 2.27. The molecule has 0 bridgehead atoms. The Labute approximate surface area is 174 Å². The summed E-state index contributed by atoms with van der Waals surface area (Å²) in [6.07, 6.45) is 6.35. The third kappa shape index (κ3) is 5.55. The number of pyridine rings is 1. The Hall–Kier alpha value is -2.92. The molecule has 0 spiro atoms. The summed E-state index contributed by atoms with van der Waals surface area (Å²) < 4.78 is 5.25. The third-order valence-electron chi connectivity index (χ3n) is 4.87. The number of amides is 2. The lowest BCUT2D eigenvalue weighted by atomic mass is 9.88. The number of nitriles is 1. The van der Waals surface area contributed by atoms with Crippen LogP contribution in [-0.2, 0) is 28.8 Å². The molecule has 1 aliphatic rings. The molecular formula is C21H24N4O3S. The molecule has 0 aliphatic heterocycles. The highest BCUT2D eigenvalue weighted by Crippen LogP contribution is 2.39. The molecule has 0 saturated carbocycles. The van der Waals surface area contributed by atoms with E-state index in [1.165, 1.54) is 11.3 Å². The number of carbonyl (C=O) groups is 2. The normalized spacial score (nSPS) is 15.1. The number of carbonyl (C=O) groups excluding carboxylic acids is 2. The second kappa shape index (κ2) is 10.0. The third-order valence-corrected chi connectivity index (χ3v) is 6.04. The fraction of sp³-hybridized carbons (Fsp3) is 0.429. The number of anilines is 1. The molecular weight excluding hydrogens is 388 g/mol. The van der Waals surface area contributed by atoms with Crippen molar-refractivity contribution in [3.63, 3.8) is 0 Å². The molecule has 0 radical (unpaired) electrons. The first kappa shape index (κ1) is 20.8. The number of hydrogen-bond donors (Lipinski definition) is 2. The van der Waals surface area contributed by atoms with E-state index in [4.69, 9.17) is 4.74 Å². The Morgan fingerprint density at radius 2 is 2.31 bits per heavy atom. The van der Waals surface area contributed by atoms with Gasteiger partial charge < -0.3 is 15.4 Å². The minimum atomic E-state index is -0.399. The number of rotatable bonds is 7. The quantitative estimate of drug-likeness (QED) is 0.725.